The molecule has 144 valence electrons. The first-order valence-electron chi connectivity index (χ1n) is 8.97. The van der Waals surface area contributed by atoms with Crippen LogP contribution in [-0.2, 0) is 9.47 Å². The van der Waals surface area contributed by atoms with E-state index in [4.69, 9.17) is 21.1 Å². The van der Waals surface area contributed by atoms with E-state index >= 15 is 0 Å². The Kier molecular flexibility index (Phi) is 5.11. The minimum Gasteiger partial charge on any atom is -0.464 e. The van der Waals surface area contributed by atoms with Crippen molar-refractivity contribution in [1.82, 2.24) is 14.8 Å². The number of rotatable bonds is 3. The summed E-state index contributed by atoms with van der Waals surface area (Å²) in [6, 6.07) is 8.87. The fourth-order valence-electron chi connectivity index (χ4n) is 3.36. The lowest BCUT2D eigenvalue weighted by Crippen LogP contribution is -2.31. The van der Waals surface area contributed by atoms with Crippen LogP contribution in [0.4, 0.5) is 0 Å². The fourth-order valence-corrected chi connectivity index (χ4v) is 3.60. The van der Waals surface area contributed by atoms with Gasteiger partial charge in [-0.3, -0.25) is 4.79 Å². The first-order chi connectivity index (χ1) is 13.6. The number of esters is 1. The van der Waals surface area contributed by atoms with Gasteiger partial charge in [0.05, 0.1) is 18.8 Å². The highest BCUT2D eigenvalue weighted by Gasteiger charge is 2.22. The van der Waals surface area contributed by atoms with Gasteiger partial charge in [-0.15, -0.1) is 0 Å². The van der Waals surface area contributed by atoms with Crippen LogP contribution in [-0.4, -0.2) is 34.5 Å². The molecule has 4 rings (SSSR count). The fraction of sp³-hybridized carbons (Fsp3) is 0.300. The summed E-state index contributed by atoms with van der Waals surface area (Å²) in [5, 5.41) is 5.08. The standard InChI is InChI=1S/C20H18ClN3O4/c1-27-20(26)16-10-13(12-6-2-3-7-15(12)23-16)14-11-22-24(19(25)18(14)21)17-8-4-5-9-28-17/h2-3,6-7,10-11,17H,4-5,8-9H2,1H3. The third-order valence-electron chi connectivity index (χ3n) is 4.77. The van der Waals surface area contributed by atoms with E-state index in [1.807, 2.05) is 18.2 Å². The van der Waals surface area contributed by atoms with E-state index in [1.165, 1.54) is 18.0 Å². The lowest BCUT2D eigenvalue weighted by molar-refractivity contribution is -0.0424. The molecule has 1 atom stereocenters. The SMILES string of the molecule is COC(=O)c1cc(-c2cnn(C3CCCCO3)c(=O)c2Cl)c2ccccc2n1. The molecular weight excluding hydrogens is 382 g/mol. The molecule has 2 aromatic heterocycles. The molecule has 0 saturated carbocycles. The number of methoxy groups -OCH3 is 1. The summed E-state index contributed by atoms with van der Waals surface area (Å²) in [4.78, 5) is 29.2. The summed E-state index contributed by atoms with van der Waals surface area (Å²) in [5.41, 5.74) is 1.33. The molecule has 1 aliphatic heterocycles. The van der Waals surface area contributed by atoms with Gasteiger partial charge in [-0.25, -0.2) is 9.78 Å². The predicted octanol–water partition coefficient (Wildman–Crippen LogP) is 3.60. The Morgan fingerprint density at radius 1 is 1.29 bits per heavy atom. The largest absolute Gasteiger partial charge is 0.464 e. The second kappa shape index (κ2) is 7.69. The molecular formula is C20H18ClN3O4. The number of aromatic nitrogens is 3. The Balaban J connectivity index is 1.89. The van der Waals surface area contributed by atoms with Gasteiger partial charge in [0.25, 0.3) is 5.56 Å². The van der Waals surface area contributed by atoms with Gasteiger partial charge in [0.2, 0.25) is 0 Å². The van der Waals surface area contributed by atoms with E-state index in [0.29, 0.717) is 29.7 Å². The van der Waals surface area contributed by atoms with Gasteiger partial charge in [-0.05, 0) is 37.0 Å². The van der Waals surface area contributed by atoms with Gasteiger partial charge < -0.3 is 9.47 Å². The molecule has 1 fully saturated rings. The highest BCUT2D eigenvalue weighted by atomic mass is 35.5. The Bertz CT molecular complexity index is 1110. The highest BCUT2D eigenvalue weighted by Crippen LogP contribution is 2.32. The van der Waals surface area contributed by atoms with E-state index in [0.717, 1.165) is 18.2 Å². The smallest absolute Gasteiger partial charge is 0.356 e. The number of benzene rings is 1. The number of hydrogen-bond donors (Lipinski definition) is 0. The predicted molar refractivity (Wildman–Crippen MR) is 104 cm³/mol. The quantitative estimate of drug-likeness (QED) is 0.626. The zero-order valence-corrected chi connectivity index (χ0v) is 16.0. The van der Waals surface area contributed by atoms with Gasteiger partial charge in [0, 0.05) is 17.6 Å². The van der Waals surface area contributed by atoms with Gasteiger partial charge >= 0.3 is 5.97 Å². The molecule has 1 unspecified atom stereocenters. The second-order valence-corrected chi connectivity index (χ2v) is 6.88. The number of para-hydroxylation sites is 1. The average Bonchev–Trinajstić information content (AvgIpc) is 2.75. The van der Waals surface area contributed by atoms with Crippen LogP contribution in [0, 0.1) is 0 Å². The van der Waals surface area contributed by atoms with Gasteiger partial charge in [-0.2, -0.15) is 9.78 Å². The molecule has 1 aromatic carbocycles. The van der Waals surface area contributed by atoms with E-state index in [1.54, 1.807) is 12.1 Å². The van der Waals surface area contributed by atoms with E-state index < -0.39 is 17.8 Å². The summed E-state index contributed by atoms with van der Waals surface area (Å²) in [6.45, 7) is 0.593. The molecule has 3 heterocycles. The summed E-state index contributed by atoms with van der Waals surface area (Å²) in [5.74, 6) is -0.569. The maximum Gasteiger partial charge on any atom is 0.356 e. The monoisotopic (exact) mass is 399 g/mol. The molecule has 1 saturated heterocycles. The molecule has 28 heavy (non-hydrogen) atoms. The zero-order valence-electron chi connectivity index (χ0n) is 15.2. The van der Waals surface area contributed by atoms with Crippen molar-refractivity contribution in [2.75, 3.05) is 13.7 Å². The average molecular weight is 400 g/mol. The number of carbonyl (C=O) groups is 1. The van der Waals surface area contributed by atoms with Crippen molar-refractivity contribution in [3.8, 4) is 11.1 Å². The highest BCUT2D eigenvalue weighted by molar-refractivity contribution is 6.33. The molecule has 8 heteroatoms. The summed E-state index contributed by atoms with van der Waals surface area (Å²) >= 11 is 6.45. The number of nitrogens with zero attached hydrogens (tertiary/aromatic N) is 3. The Labute approximate surface area is 165 Å². The summed E-state index contributed by atoms with van der Waals surface area (Å²) < 4.78 is 11.7. The van der Waals surface area contributed by atoms with Crippen LogP contribution in [0.2, 0.25) is 5.02 Å². The molecule has 1 aliphatic rings. The normalized spacial score (nSPS) is 16.9. The number of hydrogen-bond acceptors (Lipinski definition) is 6. The number of ether oxygens (including phenoxy) is 2. The van der Waals surface area contributed by atoms with Crippen LogP contribution in [0.25, 0.3) is 22.0 Å². The second-order valence-electron chi connectivity index (χ2n) is 6.51. The van der Waals surface area contributed by atoms with Crippen LogP contribution in [0.3, 0.4) is 0 Å². The number of halogens is 1. The molecule has 0 spiro atoms. The van der Waals surface area contributed by atoms with Crippen LogP contribution >= 0.6 is 11.6 Å². The maximum atomic E-state index is 12.9. The van der Waals surface area contributed by atoms with Gasteiger partial charge in [-0.1, -0.05) is 29.8 Å². The molecule has 0 amide bonds. The van der Waals surface area contributed by atoms with Crippen molar-refractivity contribution in [3.05, 3.63) is 57.6 Å². The minimum absolute atomic E-state index is 0.0244. The lowest BCUT2D eigenvalue weighted by atomic mass is 10.0. The first-order valence-corrected chi connectivity index (χ1v) is 9.35. The minimum atomic E-state index is -0.569. The Morgan fingerprint density at radius 3 is 2.86 bits per heavy atom. The molecule has 0 aliphatic carbocycles. The zero-order chi connectivity index (χ0) is 19.7. The molecule has 7 nitrogen and oxygen atoms in total. The lowest BCUT2D eigenvalue weighted by Gasteiger charge is -2.23. The van der Waals surface area contributed by atoms with E-state index in [-0.39, 0.29) is 10.7 Å². The van der Waals surface area contributed by atoms with Crippen molar-refractivity contribution in [2.24, 2.45) is 0 Å². The number of pyridine rings is 1. The molecule has 0 radical (unpaired) electrons. The van der Waals surface area contributed by atoms with E-state index in [9.17, 15) is 9.59 Å². The molecule has 3 aromatic rings. The molecule has 0 bridgehead atoms. The third-order valence-corrected chi connectivity index (χ3v) is 5.14. The number of carbonyl (C=O) groups excluding carboxylic acids is 1. The van der Waals surface area contributed by atoms with Crippen LogP contribution in [0.5, 0.6) is 0 Å². The Morgan fingerprint density at radius 2 is 2.11 bits per heavy atom. The maximum absolute atomic E-state index is 12.9. The van der Waals surface area contributed by atoms with E-state index in [2.05, 4.69) is 10.1 Å². The van der Waals surface area contributed by atoms with Crippen LogP contribution in [0.1, 0.15) is 36.0 Å². The summed E-state index contributed by atoms with van der Waals surface area (Å²) in [7, 11) is 1.29. The Hall–Kier alpha value is -2.77. The van der Waals surface area contributed by atoms with Crippen LogP contribution < -0.4 is 5.56 Å². The van der Waals surface area contributed by atoms with Gasteiger partial charge in [0.15, 0.2) is 6.23 Å². The topological polar surface area (TPSA) is 83.3 Å². The molecule has 0 N–H and O–H groups in total. The number of fused-ring (bicyclic) bond motifs is 1. The third kappa shape index (κ3) is 3.27. The van der Waals surface area contributed by atoms with Crippen molar-refractivity contribution < 1.29 is 14.3 Å². The van der Waals surface area contributed by atoms with Crippen molar-refractivity contribution >= 4 is 28.5 Å². The van der Waals surface area contributed by atoms with Gasteiger partial charge in [0.1, 0.15) is 10.7 Å². The van der Waals surface area contributed by atoms with Crippen molar-refractivity contribution in [3.63, 3.8) is 0 Å². The van der Waals surface area contributed by atoms with Crippen molar-refractivity contribution in [2.45, 2.75) is 25.5 Å². The van der Waals surface area contributed by atoms with Crippen LogP contribution in [0.15, 0.2) is 41.3 Å². The van der Waals surface area contributed by atoms with Crippen molar-refractivity contribution in [1.29, 1.82) is 0 Å². The first kappa shape index (κ1) is 18.6. The summed E-state index contributed by atoms with van der Waals surface area (Å²) in [6.07, 6.45) is 3.77.